The van der Waals surface area contributed by atoms with Crippen LogP contribution in [0.2, 0.25) is 0 Å². The highest BCUT2D eigenvalue weighted by molar-refractivity contribution is 4.97. The molecule has 0 aliphatic rings. The van der Waals surface area contributed by atoms with Crippen LogP contribution in [0, 0.1) is 0 Å². The Hall–Kier alpha value is -1.20. The van der Waals surface area contributed by atoms with E-state index in [2.05, 4.69) is 24.2 Å². The fourth-order valence-electron chi connectivity index (χ4n) is 0.223. The Kier molecular flexibility index (Phi) is 4.93. The molecule has 0 spiro atoms. The highest BCUT2D eigenvalue weighted by atomic mass is 14.8. The monoisotopic (exact) mass is 107 g/mol. The van der Waals surface area contributed by atoms with Gasteiger partial charge in [0.1, 0.15) is 0 Å². The van der Waals surface area contributed by atoms with Gasteiger partial charge < -0.3 is 5.32 Å². The summed E-state index contributed by atoms with van der Waals surface area (Å²) >= 11 is 0. The Bertz CT molecular complexity index is 127. The minimum absolute atomic E-state index is 1.57. The molecule has 0 aromatic carbocycles. The lowest BCUT2D eigenvalue weighted by Gasteiger charge is -1.77. The van der Waals surface area contributed by atoms with E-state index in [1.165, 1.54) is 0 Å². The van der Waals surface area contributed by atoms with Gasteiger partial charge in [-0.15, -0.1) is 5.73 Å². The third-order valence-corrected chi connectivity index (χ3v) is 0.499. The van der Waals surface area contributed by atoms with Gasteiger partial charge in [-0.1, -0.05) is 19.2 Å². The number of hydrogen-bond acceptors (Lipinski definition) is 1. The number of nitrogens with one attached hydrogen (secondary N) is 1. The van der Waals surface area contributed by atoms with Crippen molar-refractivity contribution in [3.05, 3.63) is 43.4 Å². The summed E-state index contributed by atoms with van der Waals surface area (Å²) < 4.78 is 0. The molecule has 0 heterocycles. The summed E-state index contributed by atoms with van der Waals surface area (Å²) in [5, 5.41) is 2.73. The van der Waals surface area contributed by atoms with Gasteiger partial charge in [-0.2, -0.15) is 0 Å². The van der Waals surface area contributed by atoms with E-state index >= 15 is 0 Å². The fourth-order valence-corrected chi connectivity index (χ4v) is 0.223. The Balaban J connectivity index is 3.46. The van der Waals surface area contributed by atoms with E-state index in [0.717, 1.165) is 0 Å². The quantitative estimate of drug-likeness (QED) is 0.426. The predicted octanol–water partition coefficient (Wildman–Crippen LogP) is 1.57. The molecule has 0 atom stereocenters. The van der Waals surface area contributed by atoms with E-state index in [1.54, 1.807) is 24.6 Å². The summed E-state index contributed by atoms with van der Waals surface area (Å²) in [6.45, 7) is 6.90. The molecule has 0 amide bonds. The molecule has 0 aromatic heterocycles. The zero-order valence-corrected chi connectivity index (χ0v) is 4.72. The van der Waals surface area contributed by atoms with Crippen molar-refractivity contribution in [3.63, 3.8) is 0 Å². The molecule has 0 fully saturated rings. The first-order valence-corrected chi connectivity index (χ1v) is 2.30. The van der Waals surface area contributed by atoms with Crippen LogP contribution in [0.3, 0.4) is 0 Å². The summed E-state index contributed by atoms with van der Waals surface area (Å²) in [6.07, 6.45) is 6.58. The first-order valence-electron chi connectivity index (χ1n) is 2.30. The molecule has 0 aliphatic carbocycles. The van der Waals surface area contributed by atoms with Crippen LogP contribution in [0.4, 0.5) is 0 Å². The van der Waals surface area contributed by atoms with E-state index in [4.69, 9.17) is 0 Å². The van der Waals surface area contributed by atoms with Gasteiger partial charge in [-0.05, 0) is 12.3 Å². The van der Waals surface area contributed by atoms with Crippen LogP contribution in [0.5, 0.6) is 0 Å². The Labute approximate surface area is 49.7 Å². The number of allylic oxidation sites excluding steroid dienone is 2. The van der Waals surface area contributed by atoms with Crippen molar-refractivity contribution in [1.82, 2.24) is 5.32 Å². The van der Waals surface area contributed by atoms with Gasteiger partial charge in [0.05, 0.1) is 0 Å². The van der Waals surface area contributed by atoms with Crippen molar-refractivity contribution in [2.45, 2.75) is 0 Å². The molecular weight excluding hydrogens is 98.1 g/mol. The van der Waals surface area contributed by atoms with Crippen molar-refractivity contribution >= 4 is 0 Å². The fraction of sp³-hybridized carbons (Fsp3) is 0. The molecule has 0 rings (SSSR count). The molecule has 0 unspecified atom stereocenters. The molecule has 1 heteroatoms. The smallest absolute Gasteiger partial charge is 0.0437 e. The number of rotatable bonds is 3. The molecule has 0 aromatic rings. The lowest BCUT2D eigenvalue weighted by atomic mass is 10.6. The van der Waals surface area contributed by atoms with Crippen molar-refractivity contribution in [2.75, 3.05) is 0 Å². The Morgan fingerprint density at radius 2 is 2.12 bits per heavy atom. The highest BCUT2D eigenvalue weighted by Crippen LogP contribution is 1.63. The van der Waals surface area contributed by atoms with E-state index < -0.39 is 0 Å². The van der Waals surface area contributed by atoms with Gasteiger partial charge in [0, 0.05) is 6.20 Å². The van der Waals surface area contributed by atoms with Gasteiger partial charge >= 0.3 is 0 Å². The van der Waals surface area contributed by atoms with Crippen molar-refractivity contribution in [2.24, 2.45) is 0 Å². The average Bonchev–Trinajstić information content (AvgIpc) is 1.81. The molecule has 0 radical (unpaired) electrons. The van der Waals surface area contributed by atoms with Crippen LogP contribution in [-0.4, -0.2) is 0 Å². The Morgan fingerprint density at radius 1 is 1.38 bits per heavy atom. The van der Waals surface area contributed by atoms with Crippen LogP contribution < -0.4 is 5.32 Å². The molecule has 1 nitrogen and oxygen atoms in total. The van der Waals surface area contributed by atoms with Crippen LogP contribution >= 0.6 is 0 Å². The largest absolute Gasteiger partial charge is 0.362 e. The van der Waals surface area contributed by atoms with Crippen LogP contribution in [-0.2, 0) is 0 Å². The molecular formula is C7H9N. The van der Waals surface area contributed by atoms with Crippen LogP contribution in [0.15, 0.2) is 43.4 Å². The molecule has 42 valence electrons. The van der Waals surface area contributed by atoms with Gasteiger partial charge in [0.25, 0.3) is 0 Å². The summed E-state index contributed by atoms with van der Waals surface area (Å²) in [5.74, 6) is 0. The molecule has 0 aliphatic heterocycles. The lowest BCUT2D eigenvalue weighted by Crippen LogP contribution is -1.86. The topological polar surface area (TPSA) is 12.0 Å². The summed E-state index contributed by atoms with van der Waals surface area (Å²) in [7, 11) is 0. The van der Waals surface area contributed by atoms with E-state index in [-0.39, 0.29) is 0 Å². The zero-order valence-electron chi connectivity index (χ0n) is 4.72. The first kappa shape index (κ1) is 6.80. The third kappa shape index (κ3) is 4.80. The molecule has 8 heavy (non-hydrogen) atoms. The van der Waals surface area contributed by atoms with E-state index in [1.807, 2.05) is 0 Å². The van der Waals surface area contributed by atoms with Crippen LogP contribution in [0.25, 0.3) is 0 Å². The maximum atomic E-state index is 3.47. The zero-order chi connectivity index (χ0) is 6.24. The molecule has 0 bridgehead atoms. The summed E-state index contributed by atoms with van der Waals surface area (Å²) in [6, 6.07) is 0. The molecule has 0 saturated carbocycles. The SMILES string of the molecule is C=CC=C=CNC=C. The summed E-state index contributed by atoms with van der Waals surface area (Å²) in [4.78, 5) is 0. The average molecular weight is 107 g/mol. The second-order valence-corrected chi connectivity index (χ2v) is 1.08. The Morgan fingerprint density at radius 3 is 2.62 bits per heavy atom. The van der Waals surface area contributed by atoms with Gasteiger partial charge in [0.15, 0.2) is 0 Å². The maximum Gasteiger partial charge on any atom is 0.0437 e. The first-order chi connectivity index (χ1) is 3.91. The van der Waals surface area contributed by atoms with Crippen molar-refractivity contribution in [1.29, 1.82) is 0 Å². The van der Waals surface area contributed by atoms with E-state index in [0.29, 0.717) is 0 Å². The minimum Gasteiger partial charge on any atom is -0.362 e. The standard InChI is InChI=1S/C7H9N/c1-3-5-6-7-8-4-2/h3-5,7-8H,1-2H2. The summed E-state index contributed by atoms with van der Waals surface area (Å²) in [5.41, 5.74) is 2.79. The lowest BCUT2D eigenvalue weighted by molar-refractivity contribution is 1.21. The van der Waals surface area contributed by atoms with Crippen molar-refractivity contribution < 1.29 is 0 Å². The molecule has 0 saturated heterocycles. The second-order valence-electron chi connectivity index (χ2n) is 1.08. The second kappa shape index (κ2) is 5.80. The van der Waals surface area contributed by atoms with Crippen LogP contribution in [0.1, 0.15) is 0 Å². The number of hydrogen-bond donors (Lipinski definition) is 1. The van der Waals surface area contributed by atoms with Gasteiger partial charge in [-0.3, -0.25) is 0 Å². The highest BCUT2D eigenvalue weighted by Gasteiger charge is 1.52. The van der Waals surface area contributed by atoms with Gasteiger partial charge in [-0.25, -0.2) is 0 Å². The van der Waals surface area contributed by atoms with Crippen molar-refractivity contribution in [3.8, 4) is 0 Å². The third-order valence-electron chi connectivity index (χ3n) is 0.499. The minimum atomic E-state index is 1.57. The maximum absolute atomic E-state index is 3.47. The van der Waals surface area contributed by atoms with E-state index in [9.17, 15) is 0 Å². The normalized spacial score (nSPS) is 6.00. The predicted molar refractivity (Wildman–Crippen MR) is 36.2 cm³/mol. The molecule has 1 N–H and O–H groups in total. The van der Waals surface area contributed by atoms with Gasteiger partial charge in [0.2, 0.25) is 0 Å².